The topological polar surface area (TPSA) is 58.9 Å². The molecule has 0 spiro atoms. The monoisotopic (exact) mass is 340 g/mol. The summed E-state index contributed by atoms with van der Waals surface area (Å²) in [5.41, 5.74) is -0.217. The third-order valence-electron chi connectivity index (χ3n) is 3.77. The third kappa shape index (κ3) is 9.78. The zero-order chi connectivity index (χ0) is 18.6. The molecule has 0 fully saturated rings. The molecule has 0 aliphatic carbocycles. The Hall–Kier alpha value is -1.26. The number of aliphatic hydroxyl groups is 2. The molecule has 0 radical (unpaired) electrons. The molecule has 1 aromatic rings. The van der Waals surface area contributed by atoms with Gasteiger partial charge in [-0.05, 0) is 47.9 Å². The maximum absolute atomic E-state index is 9.20. The van der Waals surface area contributed by atoms with E-state index in [0.29, 0.717) is 13.2 Å². The van der Waals surface area contributed by atoms with Crippen LogP contribution in [0.1, 0.15) is 54.4 Å². The highest BCUT2D eigenvalue weighted by Crippen LogP contribution is 2.23. The number of rotatable bonds is 10. The van der Waals surface area contributed by atoms with E-state index in [4.69, 9.17) is 9.47 Å². The first-order valence-corrected chi connectivity index (χ1v) is 8.85. The van der Waals surface area contributed by atoms with Crippen LogP contribution in [0.25, 0.3) is 0 Å². The minimum absolute atomic E-state index is 0.109. The van der Waals surface area contributed by atoms with Gasteiger partial charge < -0.3 is 19.7 Å². The lowest BCUT2D eigenvalue weighted by Gasteiger charge is -2.21. The lowest BCUT2D eigenvalue weighted by Crippen LogP contribution is -2.20. The van der Waals surface area contributed by atoms with Crippen molar-refractivity contribution in [3.63, 3.8) is 0 Å². The van der Waals surface area contributed by atoms with Crippen molar-refractivity contribution in [3.05, 3.63) is 24.3 Å². The number of benzene rings is 1. The molecule has 0 bridgehead atoms. The smallest absolute Gasteiger partial charge is 0.119 e. The molecule has 0 aliphatic heterocycles. The Kier molecular flexibility index (Phi) is 10.7. The third-order valence-corrected chi connectivity index (χ3v) is 3.77. The van der Waals surface area contributed by atoms with Crippen LogP contribution >= 0.6 is 0 Å². The highest BCUT2D eigenvalue weighted by Gasteiger charge is 2.17. The Morgan fingerprint density at radius 1 is 0.708 bits per heavy atom. The summed E-state index contributed by atoms with van der Waals surface area (Å²) in [6.07, 6.45) is 1.61. The van der Waals surface area contributed by atoms with E-state index in [2.05, 4.69) is 0 Å². The van der Waals surface area contributed by atoms with Crippen LogP contribution in [0.15, 0.2) is 24.3 Å². The Morgan fingerprint density at radius 2 is 1.00 bits per heavy atom. The number of aliphatic hydroxyl groups excluding tert-OH is 2. The Labute approximate surface area is 147 Å². The highest BCUT2D eigenvalue weighted by molar-refractivity contribution is 5.31. The Bertz CT molecular complexity index is 383. The van der Waals surface area contributed by atoms with Crippen LogP contribution in [0.5, 0.6) is 11.5 Å². The van der Waals surface area contributed by atoms with Crippen LogP contribution < -0.4 is 9.47 Å². The molecule has 1 rings (SSSR count). The predicted octanol–water partition coefficient (Wildman–Crippen LogP) is 4.29. The molecule has 140 valence electrons. The van der Waals surface area contributed by atoms with Crippen LogP contribution in [0.2, 0.25) is 0 Å². The van der Waals surface area contributed by atoms with Gasteiger partial charge in [0.15, 0.2) is 0 Å². The molecule has 1 aromatic carbocycles. The molecule has 0 saturated carbocycles. The molecular weight excluding hydrogens is 304 g/mol. The first-order chi connectivity index (χ1) is 11.3. The van der Waals surface area contributed by atoms with Crippen molar-refractivity contribution < 1.29 is 19.7 Å². The molecule has 0 aromatic heterocycles. The second kappa shape index (κ2) is 11.3. The quantitative estimate of drug-likeness (QED) is 0.667. The predicted molar refractivity (Wildman–Crippen MR) is 99.7 cm³/mol. The van der Waals surface area contributed by atoms with Crippen molar-refractivity contribution in [1.82, 2.24) is 0 Å². The molecule has 0 atom stereocenters. The summed E-state index contributed by atoms with van der Waals surface area (Å²) >= 11 is 0. The summed E-state index contributed by atoms with van der Waals surface area (Å²) in [6, 6.07) is 7.55. The zero-order valence-electron chi connectivity index (χ0n) is 16.3. The fourth-order valence-electron chi connectivity index (χ4n) is 1.68. The van der Waals surface area contributed by atoms with Crippen LogP contribution in [-0.4, -0.2) is 36.6 Å². The van der Waals surface area contributed by atoms with Gasteiger partial charge in [0, 0.05) is 13.2 Å². The van der Waals surface area contributed by atoms with E-state index in [0.717, 1.165) is 24.3 Å². The average molecular weight is 341 g/mol. The van der Waals surface area contributed by atoms with Gasteiger partial charge in [0.2, 0.25) is 0 Å². The molecule has 0 aliphatic rings. The van der Waals surface area contributed by atoms with Crippen LogP contribution in [0.4, 0.5) is 0 Å². The van der Waals surface area contributed by atoms with Crippen molar-refractivity contribution in [1.29, 1.82) is 0 Å². The van der Waals surface area contributed by atoms with E-state index in [1.165, 1.54) is 0 Å². The average Bonchev–Trinajstić information content (AvgIpc) is 2.58. The standard InChI is InChI=1S/C18H30O4.C2H6/c1-17(2,13-19)9-11-21-15-5-7-16(8-6-15)22-12-10-18(3,4)14-20;1-2/h5-8,19-20H,9-14H2,1-4H3;1-2H3. The van der Waals surface area contributed by atoms with Gasteiger partial charge in [0.05, 0.1) is 13.2 Å². The molecule has 0 unspecified atom stereocenters. The van der Waals surface area contributed by atoms with Gasteiger partial charge >= 0.3 is 0 Å². The molecule has 0 saturated heterocycles. The van der Waals surface area contributed by atoms with E-state index in [9.17, 15) is 10.2 Å². The minimum Gasteiger partial charge on any atom is -0.494 e. The van der Waals surface area contributed by atoms with Gasteiger partial charge in [-0.3, -0.25) is 0 Å². The number of ether oxygens (including phenoxy) is 2. The van der Waals surface area contributed by atoms with Crippen LogP contribution in [-0.2, 0) is 0 Å². The first-order valence-electron chi connectivity index (χ1n) is 8.85. The van der Waals surface area contributed by atoms with Crippen molar-refractivity contribution >= 4 is 0 Å². The lowest BCUT2D eigenvalue weighted by atomic mass is 9.91. The molecule has 2 N–H and O–H groups in total. The minimum atomic E-state index is -0.109. The van der Waals surface area contributed by atoms with E-state index in [-0.39, 0.29) is 24.0 Å². The van der Waals surface area contributed by atoms with Crippen molar-refractivity contribution in [2.24, 2.45) is 10.8 Å². The molecule has 4 nitrogen and oxygen atoms in total. The van der Waals surface area contributed by atoms with Gasteiger partial charge in [-0.1, -0.05) is 41.5 Å². The van der Waals surface area contributed by atoms with E-state index < -0.39 is 0 Å². The molecular formula is C20H36O4. The lowest BCUT2D eigenvalue weighted by molar-refractivity contribution is 0.127. The first kappa shape index (κ1) is 22.7. The molecule has 24 heavy (non-hydrogen) atoms. The van der Waals surface area contributed by atoms with Gasteiger partial charge in [0.1, 0.15) is 11.5 Å². The van der Waals surface area contributed by atoms with Gasteiger partial charge in [-0.2, -0.15) is 0 Å². The van der Waals surface area contributed by atoms with Crippen molar-refractivity contribution in [3.8, 4) is 11.5 Å². The molecule has 0 heterocycles. The van der Waals surface area contributed by atoms with Crippen LogP contribution in [0.3, 0.4) is 0 Å². The highest BCUT2D eigenvalue weighted by atomic mass is 16.5. The van der Waals surface area contributed by atoms with E-state index >= 15 is 0 Å². The summed E-state index contributed by atoms with van der Waals surface area (Å²) in [5, 5.41) is 18.4. The second-order valence-corrected chi connectivity index (χ2v) is 7.31. The number of hydrogen-bond donors (Lipinski definition) is 2. The maximum Gasteiger partial charge on any atom is 0.119 e. The Morgan fingerprint density at radius 3 is 1.25 bits per heavy atom. The van der Waals surface area contributed by atoms with Gasteiger partial charge in [-0.25, -0.2) is 0 Å². The molecule has 0 amide bonds. The summed E-state index contributed by atoms with van der Waals surface area (Å²) < 4.78 is 11.4. The largest absolute Gasteiger partial charge is 0.494 e. The fourth-order valence-corrected chi connectivity index (χ4v) is 1.68. The number of hydrogen-bond acceptors (Lipinski definition) is 4. The fraction of sp³-hybridized carbons (Fsp3) is 0.700. The Balaban J connectivity index is 0.00000254. The summed E-state index contributed by atoms with van der Waals surface area (Å²) in [4.78, 5) is 0. The molecule has 4 heteroatoms. The maximum atomic E-state index is 9.20. The summed E-state index contributed by atoms with van der Waals surface area (Å²) in [7, 11) is 0. The van der Waals surface area contributed by atoms with Crippen LogP contribution in [0, 0.1) is 10.8 Å². The van der Waals surface area contributed by atoms with E-state index in [1.54, 1.807) is 0 Å². The normalized spacial score (nSPS) is 11.5. The van der Waals surface area contributed by atoms with Crippen molar-refractivity contribution in [2.75, 3.05) is 26.4 Å². The van der Waals surface area contributed by atoms with E-state index in [1.807, 2.05) is 65.8 Å². The van der Waals surface area contributed by atoms with Crippen molar-refractivity contribution in [2.45, 2.75) is 54.4 Å². The SMILES string of the molecule is CC.CC(C)(CO)CCOc1ccc(OCCC(C)(C)CO)cc1. The summed E-state index contributed by atoms with van der Waals surface area (Å²) in [6.45, 7) is 13.5. The summed E-state index contributed by atoms with van der Waals surface area (Å²) in [5.74, 6) is 1.61. The van der Waals surface area contributed by atoms with Gasteiger partial charge in [0.25, 0.3) is 0 Å². The van der Waals surface area contributed by atoms with Gasteiger partial charge in [-0.15, -0.1) is 0 Å². The zero-order valence-corrected chi connectivity index (χ0v) is 16.3. The second-order valence-electron chi connectivity index (χ2n) is 7.31.